The molecule has 0 unspecified atom stereocenters. The lowest BCUT2D eigenvalue weighted by Crippen LogP contribution is -2.38. The summed E-state index contributed by atoms with van der Waals surface area (Å²) < 4.78 is 5.38. The summed E-state index contributed by atoms with van der Waals surface area (Å²) in [6.45, 7) is 4.22. The molecule has 0 atom stereocenters. The minimum Gasteiger partial charge on any atom is -0.339 e. The Bertz CT molecular complexity index is 606. The molecule has 0 bridgehead atoms. The second-order valence-electron chi connectivity index (χ2n) is 6.52. The molecule has 0 radical (unpaired) electrons. The molecule has 0 aliphatic heterocycles. The van der Waals surface area contributed by atoms with Crippen LogP contribution in [0, 0.1) is 13.8 Å². The molecule has 1 aliphatic rings. The lowest BCUT2D eigenvalue weighted by atomic mass is 9.95. The van der Waals surface area contributed by atoms with Gasteiger partial charge in [0.05, 0.1) is 0 Å². The van der Waals surface area contributed by atoms with Crippen LogP contribution in [-0.4, -0.2) is 15.7 Å². The molecule has 2 aromatic rings. The van der Waals surface area contributed by atoms with E-state index in [0.717, 1.165) is 18.7 Å². The largest absolute Gasteiger partial charge is 0.339 e. The van der Waals surface area contributed by atoms with Crippen LogP contribution >= 0.6 is 0 Å². The molecule has 4 heteroatoms. The Hall–Kier alpha value is -1.68. The van der Waals surface area contributed by atoms with Crippen LogP contribution in [0.5, 0.6) is 0 Å². The number of nitrogens with two attached hydrogens (primary N) is 1. The van der Waals surface area contributed by atoms with Crippen molar-refractivity contribution in [3.63, 3.8) is 0 Å². The molecule has 2 N–H and O–H groups in total. The van der Waals surface area contributed by atoms with Gasteiger partial charge in [-0.3, -0.25) is 0 Å². The number of rotatable bonds is 4. The average molecular weight is 285 g/mol. The monoisotopic (exact) mass is 285 g/mol. The predicted molar refractivity (Wildman–Crippen MR) is 82.1 cm³/mol. The number of aromatic nitrogens is 2. The van der Waals surface area contributed by atoms with E-state index in [2.05, 4.69) is 42.2 Å². The molecular formula is C17H23N3O. The van der Waals surface area contributed by atoms with Crippen LogP contribution in [0.15, 0.2) is 22.7 Å². The predicted octanol–water partition coefficient (Wildman–Crippen LogP) is 3.09. The van der Waals surface area contributed by atoms with Gasteiger partial charge in [0.15, 0.2) is 5.82 Å². The van der Waals surface area contributed by atoms with E-state index in [9.17, 15) is 0 Å². The van der Waals surface area contributed by atoms with E-state index < -0.39 is 0 Å². The topological polar surface area (TPSA) is 64.9 Å². The second-order valence-corrected chi connectivity index (χ2v) is 6.52. The molecule has 112 valence electrons. The van der Waals surface area contributed by atoms with Crippen molar-refractivity contribution in [3.05, 3.63) is 46.6 Å². The van der Waals surface area contributed by atoms with Gasteiger partial charge in [0.1, 0.15) is 0 Å². The first kappa shape index (κ1) is 14.3. The fourth-order valence-electron chi connectivity index (χ4n) is 3.34. The maximum absolute atomic E-state index is 6.36. The fraction of sp³-hybridized carbons (Fsp3) is 0.529. The summed E-state index contributed by atoms with van der Waals surface area (Å²) in [6.07, 6.45) is 5.94. The molecule has 1 fully saturated rings. The van der Waals surface area contributed by atoms with Crippen LogP contribution < -0.4 is 5.73 Å². The van der Waals surface area contributed by atoms with Gasteiger partial charge in [0.25, 0.3) is 0 Å². The van der Waals surface area contributed by atoms with Gasteiger partial charge in [0, 0.05) is 18.4 Å². The Kier molecular flexibility index (Phi) is 3.81. The third-order valence-corrected chi connectivity index (χ3v) is 4.26. The molecule has 0 saturated heterocycles. The molecule has 1 saturated carbocycles. The van der Waals surface area contributed by atoms with Gasteiger partial charge in [0.2, 0.25) is 5.89 Å². The maximum atomic E-state index is 6.36. The quantitative estimate of drug-likeness (QED) is 0.937. The SMILES string of the molecule is Cc1cc(C)cc(Cc2noc(CC3(N)CCCC3)n2)c1. The molecule has 21 heavy (non-hydrogen) atoms. The Morgan fingerprint density at radius 3 is 2.48 bits per heavy atom. The first-order valence-electron chi connectivity index (χ1n) is 7.70. The van der Waals surface area contributed by atoms with E-state index >= 15 is 0 Å². The van der Waals surface area contributed by atoms with E-state index in [1.165, 1.54) is 29.5 Å². The third kappa shape index (κ3) is 3.50. The molecular weight excluding hydrogens is 262 g/mol. The van der Waals surface area contributed by atoms with Gasteiger partial charge in [-0.05, 0) is 32.3 Å². The van der Waals surface area contributed by atoms with Crippen molar-refractivity contribution >= 4 is 0 Å². The zero-order chi connectivity index (χ0) is 14.9. The van der Waals surface area contributed by atoms with Crippen molar-refractivity contribution in [1.82, 2.24) is 10.1 Å². The summed E-state index contributed by atoms with van der Waals surface area (Å²) in [4.78, 5) is 4.52. The normalized spacial score (nSPS) is 17.3. The lowest BCUT2D eigenvalue weighted by molar-refractivity contribution is 0.327. The molecule has 4 nitrogen and oxygen atoms in total. The Labute approximate surface area is 125 Å². The Morgan fingerprint density at radius 1 is 1.14 bits per heavy atom. The first-order valence-corrected chi connectivity index (χ1v) is 7.70. The number of hydrogen-bond acceptors (Lipinski definition) is 4. The fourth-order valence-corrected chi connectivity index (χ4v) is 3.34. The average Bonchev–Trinajstić information content (AvgIpc) is 2.98. The minimum absolute atomic E-state index is 0.135. The Morgan fingerprint density at radius 2 is 1.81 bits per heavy atom. The van der Waals surface area contributed by atoms with Gasteiger partial charge in [-0.15, -0.1) is 0 Å². The maximum Gasteiger partial charge on any atom is 0.228 e. The van der Waals surface area contributed by atoms with E-state index in [0.29, 0.717) is 18.7 Å². The van der Waals surface area contributed by atoms with Crippen molar-refractivity contribution in [2.24, 2.45) is 5.73 Å². The van der Waals surface area contributed by atoms with Gasteiger partial charge < -0.3 is 10.3 Å². The van der Waals surface area contributed by atoms with Crippen molar-refractivity contribution in [3.8, 4) is 0 Å². The van der Waals surface area contributed by atoms with E-state index in [4.69, 9.17) is 10.3 Å². The molecule has 1 aromatic carbocycles. The van der Waals surface area contributed by atoms with Crippen LogP contribution in [-0.2, 0) is 12.8 Å². The zero-order valence-corrected chi connectivity index (χ0v) is 12.9. The second kappa shape index (κ2) is 5.60. The smallest absolute Gasteiger partial charge is 0.228 e. The lowest BCUT2D eigenvalue weighted by Gasteiger charge is -2.20. The highest BCUT2D eigenvalue weighted by Crippen LogP contribution is 2.30. The van der Waals surface area contributed by atoms with E-state index in [1.54, 1.807) is 0 Å². The van der Waals surface area contributed by atoms with Crippen LogP contribution in [0.2, 0.25) is 0 Å². The van der Waals surface area contributed by atoms with E-state index in [1.807, 2.05) is 0 Å². The van der Waals surface area contributed by atoms with Crippen LogP contribution in [0.1, 0.15) is 54.1 Å². The van der Waals surface area contributed by atoms with Gasteiger partial charge >= 0.3 is 0 Å². The molecule has 0 spiro atoms. The molecule has 1 aliphatic carbocycles. The summed E-state index contributed by atoms with van der Waals surface area (Å²) >= 11 is 0. The summed E-state index contributed by atoms with van der Waals surface area (Å²) in [5, 5.41) is 4.10. The molecule has 1 heterocycles. The summed E-state index contributed by atoms with van der Waals surface area (Å²) in [7, 11) is 0. The highest BCUT2D eigenvalue weighted by Gasteiger charge is 2.31. The van der Waals surface area contributed by atoms with Crippen molar-refractivity contribution in [1.29, 1.82) is 0 Å². The minimum atomic E-state index is -0.135. The molecule has 3 rings (SSSR count). The van der Waals surface area contributed by atoms with Crippen LogP contribution in [0.3, 0.4) is 0 Å². The van der Waals surface area contributed by atoms with Gasteiger partial charge in [-0.1, -0.05) is 47.3 Å². The number of aryl methyl sites for hydroxylation is 2. The Balaban J connectivity index is 1.70. The number of nitrogens with zero attached hydrogens (tertiary/aromatic N) is 2. The van der Waals surface area contributed by atoms with Crippen molar-refractivity contribution in [2.45, 2.75) is 57.9 Å². The number of hydrogen-bond donors (Lipinski definition) is 1. The van der Waals surface area contributed by atoms with Crippen molar-refractivity contribution in [2.75, 3.05) is 0 Å². The number of benzene rings is 1. The van der Waals surface area contributed by atoms with Crippen molar-refractivity contribution < 1.29 is 4.52 Å². The first-order chi connectivity index (χ1) is 10.0. The molecule has 1 aromatic heterocycles. The summed E-state index contributed by atoms with van der Waals surface area (Å²) in [5.74, 6) is 1.43. The van der Waals surface area contributed by atoms with Gasteiger partial charge in [-0.2, -0.15) is 4.98 Å². The highest BCUT2D eigenvalue weighted by molar-refractivity contribution is 5.30. The summed E-state index contributed by atoms with van der Waals surface area (Å²) in [6, 6.07) is 6.51. The summed E-state index contributed by atoms with van der Waals surface area (Å²) in [5.41, 5.74) is 9.98. The van der Waals surface area contributed by atoms with Crippen LogP contribution in [0.4, 0.5) is 0 Å². The van der Waals surface area contributed by atoms with Crippen LogP contribution in [0.25, 0.3) is 0 Å². The van der Waals surface area contributed by atoms with E-state index in [-0.39, 0.29) is 5.54 Å². The molecule has 0 amide bonds. The highest BCUT2D eigenvalue weighted by atomic mass is 16.5. The standard InChI is InChI=1S/C17H23N3O/c1-12-7-13(2)9-14(8-12)10-15-19-16(21-20-15)11-17(18)5-3-4-6-17/h7-9H,3-6,10-11,18H2,1-2H3. The third-order valence-electron chi connectivity index (χ3n) is 4.26. The zero-order valence-electron chi connectivity index (χ0n) is 12.9. The van der Waals surface area contributed by atoms with Gasteiger partial charge in [-0.25, -0.2) is 0 Å².